The third-order valence-electron chi connectivity index (χ3n) is 3.87. The number of hydrogen-bond acceptors (Lipinski definition) is 2. The van der Waals surface area contributed by atoms with Gasteiger partial charge in [-0.15, -0.1) is 0 Å². The molecule has 3 nitrogen and oxygen atoms in total. The third-order valence-corrected chi connectivity index (χ3v) is 5.03. The van der Waals surface area contributed by atoms with Gasteiger partial charge in [-0.1, -0.05) is 51.3 Å². The van der Waals surface area contributed by atoms with Gasteiger partial charge in [-0.05, 0) is 43.2 Å². The van der Waals surface area contributed by atoms with E-state index in [2.05, 4.69) is 13.8 Å². The standard InChI is InChI=1S/C8H10O3S.C8H16/c1-6-4-3-5-7(2)8(6)12(9,10)11;1-8(2)6-4-3-5-7-8/h3-5H,1-2H3,(H,9,10,11);3-7H2,1-2H3. The lowest BCUT2D eigenvalue weighted by atomic mass is 9.78. The van der Waals surface area contributed by atoms with Gasteiger partial charge in [-0.3, -0.25) is 4.55 Å². The average molecular weight is 298 g/mol. The quantitative estimate of drug-likeness (QED) is 0.775. The Labute approximate surface area is 123 Å². The Morgan fingerprint density at radius 3 is 1.70 bits per heavy atom. The van der Waals surface area contributed by atoms with Crippen molar-refractivity contribution in [1.29, 1.82) is 0 Å². The summed E-state index contributed by atoms with van der Waals surface area (Å²) in [4.78, 5) is 0.0185. The molecule has 0 spiro atoms. The molecule has 0 atom stereocenters. The van der Waals surface area contributed by atoms with Crippen LogP contribution in [0, 0.1) is 19.3 Å². The summed E-state index contributed by atoms with van der Waals surface area (Å²) in [7, 11) is -4.06. The molecule has 20 heavy (non-hydrogen) atoms. The molecule has 0 amide bonds. The van der Waals surface area contributed by atoms with Crippen LogP contribution >= 0.6 is 0 Å². The van der Waals surface area contributed by atoms with Gasteiger partial charge in [0.25, 0.3) is 10.1 Å². The minimum Gasteiger partial charge on any atom is -0.282 e. The largest absolute Gasteiger partial charge is 0.295 e. The Bertz CT molecular complexity index is 517. The molecule has 4 heteroatoms. The van der Waals surface area contributed by atoms with Crippen LogP contribution < -0.4 is 0 Å². The van der Waals surface area contributed by atoms with Gasteiger partial charge in [0.1, 0.15) is 0 Å². The summed E-state index contributed by atoms with van der Waals surface area (Å²) in [6, 6.07) is 5.05. The van der Waals surface area contributed by atoms with E-state index in [1.165, 1.54) is 32.1 Å². The van der Waals surface area contributed by atoms with Crippen molar-refractivity contribution in [2.75, 3.05) is 0 Å². The zero-order chi connectivity index (χ0) is 15.4. The molecular formula is C16H26O3S. The van der Waals surface area contributed by atoms with E-state index >= 15 is 0 Å². The van der Waals surface area contributed by atoms with E-state index in [0.717, 1.165) is 0 Å². The second-order valence-electron chi connectivity index (χ2n) is 6.42. The molecule has 1 fully saturated rings. The van der Waals surface area contributed by atoms with E-state index in [-0.39, 0.29) is 4.90 Å². The molecule has 1 N–H and O–H groups in total. The molecule has 1 aromatic carbocycles. The zero-order valence-electron chi connectivity index (χ0n) is 12.9. The highest BCUT2D eigenvalue weighted by molar-refractivity contribution is 7.86. The lowest BCUT2D eigenvalue weighted by molar-refractivity contribution is 0.244. The summed E-state index contributed by atoms with van der Waals surface area (Å²) in [6.45, 7) is 8.06. The van der Waals surface area contributed by atoms with E-state index in [9.17, 15) is 8.42 Å². The van der Waals surface area contributed by atoms with E-state index in [0.29, 0.717) is 16.5 Å². The highest BCUT2D eigenvalue weighted by Gasteiger charge is 2.19. The van der Waals surface area contributed by atoms with Crippen LogP contribution in [0.1, 0.15) is 57.1 Å². The number of rotatable bonds is 1. The van der Waals surface area contributed by atoms with E-state index in [4.69, 9.17) is 4.55 Å². The number of aryl methyl sites for hydroxylation is 2. The van der Waals surface area contributed by atoms with Crippen molar-refractivity contribution in [2.24, 2.45) is 5.41 Å². The normalized spacial score (nSPS) is 18.1. The van der Waals surface area contributed by atoms with Crippen molar-refractivity contribution in [3.8, 4) is 0 Å². The van der Waals surface area contributed by atoms with Crippen LogP contribution in [0.4, 0.5) is 0 Å². The summed E-state index contributed by atoms with van der Waals surface area (Å²) in [5.41, 5.74) is 1.81. The van der Waals surface area contributed by atoms with Crippen LogP contribution in [-0.4, -0.2) is 13.0 Å². The lowest BCUT2D eigenvalue weighted by Crippen LogP contribution is -2.14. The second-order valence-corrected chi connectivity index (χ2v) is 7.78. The first-order valence-electron chi connectivity index (χ1n) is 7.17. The van der Waals surface area contributed by atoms with Crippen molar-refractivity contribution in [2.45, 2.75) is 64.7 Å². The molecule has 2 rings (SSSR count). The molecular weight excluding hydrogens is 272 g/mol. The van der Waals surface area contributed by atoms with Crippen LogP contribution in [0.25, 0.3) is 0 Å². The predicted molar refractivity (Wildman–Crippen MR) is 82.6 cm³/mol. The summed E-state index contributed by atoms with van der Waals surface area (Å²) in [6.07, 6.45) is 7.31. The van der Waals surface area contributed by atoms with Crippen LogP contribution in [0.5, 0.6) is 0 Å². The Balaban J connectivity index is 0.000000217. The highest BCUT2D eigenvalue weighted by atomic mass is 32.2. The fourth-order valence-electron chi connectivity index (χ4n) is 2.71. The molecule has 0 aliphatic heterocycles. The molecule has 1 aromatic rings. The van der Waals surface area contributed by atoms with Gasteiger partial charge < -0.3 is 0 Å². The van der Waals surface area contributed by atoms with Gasteiger partial charge in [-0.25, -0.2) is 0 Å². The fraction of sp³-hybridized carbons (Fsp3) is 0.625. The Kier molecular flexibility index (Phi) is 5.78. The van der Waals surface area contributed by atoms with Crippen molar-refractivity contribution in [1.82, 2.24) is 0 Å². The molecule has 1 aliphatic rings. The van der Waals surface area contributed by atoms with Crippen molar-refractivity contribution < 1.29 is 13.0 Å². The molecule has 1 saturated carbocycles. The SMILES string of the molecule is CC1(C)CCCCC1.Cc1cccc(C)c1S(=O)(=O)O. The first-order valence-corrected chi connectivity index (χ1v) is 8.61. The zero-order valence-corrected chi connectivity index (χ0v) is 13.8. The fourth-order valence-corrected chi connectivity index (χ4v) is 3.66. The van der Waals surface area contributed by atoms with Gasteiger partial charge in [0.15, 0.2) is 0 Å². The molecule has 1 aliphatic carbocycles. The maximum absolute atomic E-state index is 10.8. The number of hydrogen-bond donors (Lipinski definition) is 1. The van der Waals surface area contributed by atoms with Gasteiger partial charge in [0, 0.05) is 0 Å². The van der Waals surface area contributed by atoms with Crippen LogP contribution in [0.15, 0.2) is 23.1 Å². The maximum atomic E-state index is 10.8. The molecule has 0 aromatic heterocycles. The van der Waals surface area contributed by atoms with E-state index < -0.39 is 10.1 Å². The molecule has 0 heterocycles. The molecule has 114 valence electrons. The smallest absolute Gasteiger partial charge is 0.282 e. The highest BCUT2D eigenvalue weighted by Crippen LogP contribution is 2.34. The number of benzene rings is 1. The van der Waals surface area contributed by atoms with Crippen molar-refractivity contribution >= 4 is 10.1 Å². The Morgan fingerprint density at radius 2 is 1.45 bits per heavy atom. The van der Waals surface area contributed by atoms with Crippen molar-refractivity contribution in [3.63, 3.8) is 0 Å². The summed E-state index contributed by atoms with van der Waals surface area (Å²) < 4.78 is 30.5. The monoisotopic (exact) mass is 298 g/mol. The van der Waals surface area contributed by atoms with Crippen molar-refractivity contribution in [3.05, 3.63) is 29.3 Å². The minimum absolute atomic E-state index is 0.0185. The predicted octanol–water partition coefficient (Wildman–Crippen LogP) is 4.53. The summed E-state index contributed by atoms with van der Waals surface area (Å²) in [5, 5.41) is 0. The lowest BCUT2D eigenvalue weighted by Gasteiger charge is -2.28. The molecule has 0 bridgehead atoms. The Morgan fingerprint density at radius 1 is 1.00 bits per heavy atom. The summed E-state index contributed by atoms with van der Waals surface area (Å²) >= 11 is 0. The first-order chi connectivity index (χ1) is 9.13. The van der Waals surface area contributed by atoms with Gasteiger partial charge in [0.05, 0.1) is 4.90 Å². The Hall–Kier alpha value is -0.870. The molecule has 0 radical (unpaired) electrons. The third kappa shape index (κ3) is 5.25. The van der Waals surface area contributed by atoms with Crippen LogP contribution in [-0.2, 0) is 10.1 Å². The van der Waals surface area contributed by atoms with Crippen LogP contribution in [0.2, 0.25) is 0 Å². The van der Waals surface area contributed by atoms with Crippen LogP contribution in [0.3, 0.4) is 0 Å². The first kappa shape index (κ1) is 17.2. The van der Waals surface area contributed by atoms with Gasteiger partial charge in [0.2, 0.25) is 0 Å². The maximum Gasteiger partial charge on any atom is 0.295 e. The summed E-state index contributed by atoms with van der Waals surface area (Å²) in [5.74, 6) is 0. The molecule has 0 saturated heterocycles. The van der Waals surface area contributed by atoms with E-state index in [1.807, 2.05) is 0 Å². The minimum atomic E-state index is -4.06. The van der Waals surface area contributed by atoms with Gasteiger partial charge >= 0.3 is 0 Å². The second kappa shape index (κ2) is 6.72. The average Bonchev–Trinajstić information content (AvgIpc) is 2.27. The molecule has 0 unspecified atom stereocenters. The van der Waals surface area contributed by atoms with E-state index in [1.54, 1.807) is 32.0 Å². The topological polar surface area (TPSA) is 54.4 Å². The van der Waals surface area contributed by atoms with Gasteiger partial charge in [-0.2, -0.15) is 8.42 Å².